The third-order valence-electron chi connectivity index (χ3n) is 2.83. The number of hydrogen-bond donors (Lipinski definition) is 1. The molecule has 14 heavy (non-hydrogen) atoms. The van der Waals surface area contributed by atoms with Crippen LogP contribution in [0.1, 0.15) is 25.3 Å². The fourth-order valence-electron chi connectivity index (χ4n) is 1.94. The van der Waals surface area contributed by atoms with Crippen LogP contribution in [0.15, 0.2) is 24.3 Å². The van der Waals surface area contributed by atoms with Gasteiger partial charge in [0, 0.05) is 5.56 Å². The van der Waals surface area contributed by atoms with Gasteiger partial charge in [-0.15, -0.1) is 0 Å². The minimum atomic E-state index is -0.456. The maximum absolute atomic E-state index is 13.5. The van der Waals surface area contributed by atoms with Crippen LogP contribution in [-0.2, 0) is 10.3 Å². The van der Waals surface area contributed by atoms with Gasteiger partial charge < -0.3 is 5.32 Å². The highest BCUT2D eigenvalue weighted by atomic mass is 19.1. The summed E-state index contributed by atoms with van der Waals surface area (Å²) in [5.74, 6) is -0.246. The Bertz CT molecular complexity index is 367. The van der Waals surface area contributed by atoms with Gasteiger partial charge in [0.05, 0.1) is 12.0 Å². The molecule has 0 spiro atoms. The average molecular weight is 193 g/mol. The molecular weight excluding hydrogens is 181 g/mol. The molecule has 0 bridgehead atoms. The summed E-state index contributed by atoms with van der Waals surface area (Å²) in [5, 5.41) is 2.78. The lowest BCUT2D eigenvalue weighted by Gasteiger charge is -2.42. The summed E-state index contributed by atoms with van der Waals surface area (Å²) in [4.78, 5) is 10.9. The van der Waals surface area contributed by atoms with Gasteiger partial charge in [0.2, 0.25) is 5.91 Å². The molecule has 1 amide bonds. The number of nitrogens with one attached hydrogen (secondary N) is 1. The van der Waals surface area contributed by atoms with Crippen molar-refractivity contribution in [3.63, 3.8) is 0 Å². The lowest BCUT2D eigenvalue weighted by Crippen LogP contribution is -2.58. The minimum absolute atomic E-state index is 0.00453. The Labute approximate surface area is 82.1 Å². The largest absolute Gasteiger partial charge is 0.346 e. The Kier molecular flexibility index (Phi) is 2.02. The van der Waals surface area contributed by atoms with E-state index in [0.717, 1.165) is 6.42 Å². The summed E-state index contributed by atoms with van der Waals surface area (Å²) in [6.07, 6.45) is 1.12. The summed E-state index contributed by atoms with van der Waals surface area (Å²) in [6.45, 7) is 1.95. The molecule has 1 N–H and O–H groups in total. The van der Waals surface area contributed by atoms with E-state index in [0.29, 0.717) is 12.0 Å². The Balaban J connectivity index is 2.38. The number of hydrogen-bond acceptors (Lipinski definition) is 1. The summed E-state index contributed by atoms with van der Waals surface area (Å²) in [7, 11) is 0. The third kappa shape index (κ3) is 1.20. The Morgan fingerprint density at radius 1 is 1.50 bits per heavy atom. The van der Waals surface area contributed by atoms with Crippen LogP contribution in [-0.4, -0.2) is 5.91 Å². The van der Waals surface area contributed by atoms with Crippen molar-refractivity contribution in [2.24, 2.45) is 0 Å². The first-order chi connectivity index (χ1) is 6.68. The first-order valence-electron chi connectivity index (χ1n) is 4.74. The van der Waals surface area contributed by atoms with Crippen molar-refractivity contribution in [1.82, 2.24) is 5.32 Å². The van der Waals surface area contributed by atoms with Gasteiger partial charge in [-0.05, 0) is 12.5 Å². The molecule has 2 nitrogen and oxygen atoms in total. The summed E-state index contributed by atoms with van der Waals surface area (Å²) < 4.78 is 13.5. The van der Waals surface area contributed by atoms with Crippen molar-refractivity contribution in [3.05, 3.63) is 35.6 Å². The fourth-order valence-corrected chi connectivity index (χ4v) is 1.94. The van der Waals surface area contributed by atoms with E-state index in [1.807, 2.05) is 6.92 Å². The van der Waals surface area contributed by atoms with E-state index in [9.17, 15) is 9.18 Å². The van der Waals surface area contributed by atoms with Crippen LogP contribution in [0.2, 0.25) is 0 Å². The molecule has 74 valence electrons. The number of amides is 1. The molecule has 1 saturated heterocycles. The van der Waals surface area contributed by atoms with Gasteiger partial charge in [0.1, 0.15) is 5.82 Å². The molecule has 1 fully saturated rings. The van der Waals surface area contributed by atoms with Gasteiger partial charge in [0.25, 0.3) is 0 Å². The molecule has 1 heterocycles. The Morgan fingerprint density at radius 3 is 2.64 bits per heavy atom. The number of halogens is 1. The molecule has 1 atom stereocenters. The molecule has 1 unspecified atom stereocenters. The van der Waals surface area contributed by atoms with E-state index in [1.165, 1.54) is 6.07 Å². The van der Waals surface area contributed by atoms with E-state index in [2.05, 4.69) is 5.32 Å². The van der Waals surface area contributed by atoms with Crippen molar-refractivity contribution in [3.8, 4) is 0 Å². The second kappa shape index (κ2) is 3.08. The number of carbonyl (C=O) groups excluding carboxylic acids is 1. The van der Waals surface area contributed by atoms with E-state index in [-0.39, 0.29) is 11.7 Å². The van der Waals surface area contributed by atoms with Crippen LogP contribution >= 0.6 is 0 Å². The zero-order valence-corrected chi connectivity index (χ0v) is 8.01. The van der Waals surface area contributed by atoms with Crippen LogP contribution in [0.25, 0.3) is 0 Å². The van der Waals surface area contributed by atoms with Crippen molar-refractivity contribution in [1.29, 1.82) is 0 Å². The van der Waals surface area contributed by atoms with E-state index in [1.54, 1.807) is 18.2 Å². The van der Waals surface area contributed by atoms with Crippen LogP contribution in [0.3, 0.4) is 0 Å². The monoisotopic (exact) mass is 193 g/mol. The molecule has 2 rings (SSSR count). The van der Waals surface area contributed by atoms with Crippen LogP contribution in [0, 0.1) is 5.82 Å². The van der Waals surface area contributed by atoms with Crippen LogP contribution < -0.4 is 5.32 Å². The first kappa shape index (κ1) is 9.19. The molecule has 0 aromatic heterocycles. The standard InChI is InChI=1S/C11H12FNO/c1-2-11(7-10(14)13-11)8-5-3-4-6-9(8)12/h3-6H,2,7H2,1H3,(H,13,14). The Morgan fingerprint density at radius 2 is 2.14 bits per heavy atom. The van der Waals surface area contributed by atoms with Gasteiger partial charge in [0.15, 0.2) is 0 Å². The molecule has 3 heteroatoms. The van der Waals surface area contributed by atoms with Gasteiger partial charge >= 0.3 is 0 Å². The van der Waals surface area contributed by atoms with Gasteiger partial charge in [-0.25, -0.2) is 4.39 Å². The average Bonchev–Trinajstić information content (AvgIpc) is 2.14. The highest BCUT2D eigenvalue weighted by Crippen LogP contribution is 2.36. The quantitative estimate of drug-likeness (QED) is 0.714. The smallest absolute Gasteiger partial charge is 0.223 e. The van der Waals surface area contributed by atoms with Crippen molar-refractivity contribution >= 4 is 5.91 Å². The fraction of sp³-hybridized carbons (Fsp3) is 0.364. The molecule has 1 aromatic carbocycles. The minimum Gasteiger partial charge on any atom is -0.346 e. The molecule has 1 aromatic rings. The zero-order chi connectivity index (χ0) is 10.2. The predicted octanol–water partition coefficient (Wildman–Crippen LogP) is 1.95. The van der Waals surface area contributed by atoms with E-state index in [4.69, 9.17) is 0 Å². The second-order valence-corrected chi connectivity index (χ2v) is 3.64. The normalized spacial score (nSPS) is 25.4. The maximum Gasteiger partial charge on any atom is 0.223 e. The highest BCUT2D eigenvalue weighted by Gasteiger charge is 2.44. The molecule has 0 saturated carbocycles. The zero-order valence-electron chi connectivity index (χ0n) is 8.01. The molecule has 1 aliphatic rings. The predicted molar refractivity (Wildman–Crippen MR) is 51.1 cm³/mol. The van der Waals surface area contributed by atoms with Crippen molar-refractivity contribution in [2.45, 2.75) is 25.3 Å². The van der Waals surface area contributed by atoms with Gasteiger partial charge in [-0.3, -0.25) is 4.79 Å². The number of rotatable bonds is 2. The van der Waals surface area contributed by atoms with E-state index < -0.39 is 5.54 Å². The molecule has 1 aliphatic heterocycles. The summed E-state index contributed by atoms with van der Waals surface area (Å²) in [5.41, 5.74) is 0.143. The molecule has 0 aliphatic carbocycles. The topological polar surface area (TPSA) is 29.1 Å². The van der Waals surface area contributed by atoms with Crippen LogP contribution in [0.5, 0.6) is 0 Å². The number of carbonyl (C=O) groups is 1. The van der Waals surface area contributed by atoms with Crippen molar-refractivity contribution < 1.29 is 9.18 Å². The molecule has 0 radical (unpaired) electrons. The summed E-state index contributed by atoms with van der Waals surface area (Å²) in [6, 6.07) is 6.61. The lowest BCUT2D eigenvalue weighted by atomic mass is 9.78. The maximum atomic E-state index is 13.5. The highest BCUT2D eigenvalue weighted by molar-refractivity contribution is 5.85. The Hall–Kier alpha value is -1.38. The molecular formula is C11H12FNO. The van der Waals surface area contributed by atoms with Crippen LogP contribution in [0.4, 0.5) is 4.39 Å². The number of β-lactam (4-membered cyclic amide) rings is 1. The SMILES string of the molecule is CCC1(c2ccccc2F)CC(=O)N1. The first-order valence-corrected chi connectivity index (χ1v) is 4.74. The summed E-state index contributed by atoms with van der Waals surface area (Å²) >= 11 is 0. The third-order valence-corrected chi connectivity index (χ3v) is 2.83. The van der Waals surface area contributed by atoms with Crippen molar-refractivity contribution in [2.75, 3.05) is 0 Å². The van der Waals surface area contributed by atoms with Gasteiger partial charge in [-0.2, -0.15) is 0 Å². The van der Waals surface area contributed by atoms with E-state index >= 15 is 0 Å². The number of benzene rings is 1. The van der Waals surface area contributed by atoms with Gasteiger partial charge in [-0.1, -0.05) is 25.1 Å². The second-order valence-electron chi connectivity index (χ2n) is 3.64. The lowest BCUT2D eigenvalue weighted by molar-refractivity contribution is -0.133.